The average Bonchev–Trinajstić information content (AvgIpc) is 2.40. The maximum absolute atomic E-state index is 11.9. The Hall–Kier alpha value is -1.63. The van der Waals surface area contributed by atoms with Crippen molar-refractivity contribution in [1.29, 1.82) is 0 Å². The van der Waals surface area contributed by atoms with Crippen LogP contribution in [0.3, 0.4) is 0 Å². The maximum Gasteiger partial charge on any atom is 0.340 e. The van der Waals surface area contributed by atoms with Gasteiger partial charge in [-0.2, -0.15) is 0 Å². The van der Waals surface area contributed by atoms with Crippen molar-refractivity contribution in [2.24, 2.45) is 0 Å². The summed E-state index contributed by atoms with van der Waals surface area (Å²) in [5.74, 6) is 1.09. The van der Waals surface area contributed by atoms with Crippen LogP contribution in [0.1, 0.15) is 17.3 Å². The third-order valence-corrected chi connectivity index (χ3v) is 4.19. The number of pyridine rings is 1. The topological polar surface area (TPSA) is 85.5 Å². The van der Waals surface area contributed by atoms with Gasteiger partial charge in [-0.05, 0) is 13.0 Å². The molecule has 1 aromatic heterocycles. The highest BCUT2D eigenvalue weighted by Gasteiger charge is 2.22. The molecule has 0 aromatic carbocycles. The summed E-state index contributed by atoms with van der Waals surface area (Å²) in [5.41, 5.74) is 6.74. The molecule has 0 bridgehead atoms. The molecule has 0 radical (unpaired) electrons. The summed E-state index contributed by atoms with van der Waals surface area (Å²) in [5, 5.41) is 0. The second kappa shape index (κ2) is 6.01. The lowest BCUT2D eigenvalue weighted by Crippen LogP contribution is -2.38. The first-order chi connectivity index (χ1) is 9.11. The van der Waals surface area contributed by atoms with E-state index in [0.29, 0.717) is 42.5 Å². The van der Waals surface area contributed by atoms with Crippen LogP contribution in [0.15, 0.2) is 12.3 Å². The van der Waals surface area contributed by atoms with Gasteiger partial charge in [0.05, 0.1) is 24.1 Å². The minimum atomic E-state index is -0.763. The largest absolute Gasteiger partial charge is 0.462 e. The summed E-state index contributed by atoms with van der Waals surface area (Å²) in [4.78, 5) is 18.0. The Kier molecular flexibility index (Phi) is 4.36. The number of esters is 1. The van der Waals surface area contributed by atoms with Crippen molar-refractivity contribution in [3.63, 3.8) is 0 Å². The number of hydrogen-bond acceptors (Lipinski definition) is 6. The van der Waals surface area contributed by atoms with E-state index < -0.39 is 16.8 Å². The van der Waals surface area contributed by atoms with E-state index in [1.54, 1.807) is 13.1 Å². The molecule has 104 valence electrons. The SMILES string of the molecule is CCOC(=O)c1cc(N)ncc1N1CCS(=O)CC1. The van der Waals surface area contributed by atoms with E-state index in [-0.39, 0.29) is 5.82 Å². The molecule has 0 spiro atoms. The maximum atomic E-state index is 11.9. The van der Waals surface area contributed by atoms with Crippen LogP contribution in [0.25, 0.3) is 0 Å². The van der Waals surface area contributed by atoms with Crippen LogP contribution in [0.5, 0.6) is 0 Å². The van der Waals surface area contributed by atoms with Gasteiger partial charge in [0.15, 0.2) is 0 Å². The number of ether oxygens (including phenoxy) is 1. The highest BCUT2D eigenvalue weighted by molar-refractivity contribution is 7.85. The van der Waals surface area contributed by atoms with E-state index in [1.807, 2.05) is 4.90 Å². The zero-order valence-electron chi connectivity index (χ0n) is 10.8. The lowest BCUT2D eigenvalue weighted by Gasteiger charge is -2.29. The van der Waals surface area contributed by atoms with Gasteiger partial charge in [0.25, 0.3) is 0 Å². The Morgan fingerprint density at radius 3 is 2.84 bits per heavy atom. The summed E-state index contributed by atoms with van der Waals surface area (Å²) >= 11 is 0. The van der Waals surface area contributed by atoms with Crippen LogP contribution >= 0.6 is 0 Å². The molecular weight excluding hydrogens is 266 g/mol. The molecule has 1 fully saturated rings. The molecule has 0 amide bonds. The van der Waals surface area contributed by atoms with Gasteiger partial charge in [-0.1, -0.05) is 0 Å². The molecule has 0 unspecified atom stereocenters. The van der Waals surface area contributed by atoms with Crippen LogP contribution in [-0.2, 0) is 15.5 Å². The number of carbonyl (C=O) groups is 1. The van der Waals surface area contributed by atoms with Crippen LogP contribution in [0.2, 0.25) is 0 Å². The molecule has 1 aromatic rings. The van der Waals surface area contributed by atoms with E-state index >= 15 is 0 Å². The number of nitrogens with two attached hydrogens (primary N) is 1. The quantitative estimate of drug-likeness (QED) is 0.809. The fourth-order valence-corrected chi connectivity index (χ4v) is 3.02. The second-order valence-corrected chi connectivity index (χ2v) is 5.88. The van der Waals surface area contributed by atoms with Gasteiger partial charge in [0.1, 0.15) is 5.82 Å². The number of anilines is 2. The second-order valence-electron chi connectivity index (χ2n) is 4.18. The molecule has 7 heteroatoms. The first kappa shape index (κ1) is 13.8. The molecule has 6 nitrogen and oxygen atoms in total. The van der Waals surface area contributed by atoms with Gasteiger partial charge in [-0.15, -0.1) is 0 Å². The molecular formula is C12H17N3O3S. The fourth-order valence-electron chi connectivity index (χ4n) is 1.97. The van der Waals surface area contributed by atoms with Crippen molar-refractivity contribution >= 4 is 28.3 Å². The molecule has 2 rings (SSSR count). The third-order valence-electron chi connectivity index (χ3n) is 2.92. The van der Waals surface area contributed by atoms with Crippen LogP contribution < -0.4 is 10.6 Å². The minimum Gasteiger partial charge on any atom is -0.462 e. The number of nitrogens with zero attached hydrogens (tertiary/aromatic N) is 2. The molecule has 0 atom stereocenters. The summed E-state index contributed by atoms with van der Waals surface area (Å²) in [6.07, 6.45) is 1.58. The van der Waals surface area contributed by atoms with Gasteiger partial charge < -0.3 is 15.4 Å². The number of hydrogen-bond donors (Lipinski definition) is 1. The first-order valence-corrected chi connectivity index (χ1v) is 7.63. The standard InChI is InChI=1S/C12H17N3O3S/c1-2-18-12(16)9-7-11(13)14-8-10(9)15-3-5-19(17)6-4-15/h7-8H,2-6H2,1H3,(H2,13,14). The zero-order chi connectivity index (χ0) is 13.8. The van der Waals surface area contributed by atoms with Gasteiger partial charge >= 0.3 is 5.97 Å². The number of aromatic nitrogens is 1. The van der Waals surface area contributed by atoms with Crippen LogP contribution in [0, 0.1) is 0 Å². The summed E-state index contributed by atoms with van der Waals surface area (Å²) in [7, 11) is -0.763. The van der Waals surface area contributed by atoms with Crippen molar-refractivity contribution < 1.29 is 13.7 Å². The highest BCUT2D eigenvalue weighted by Crippen LogP contribution is 2.23. The molecule has 0 saturated carbocycles. The van der Waals surface area contributed by atoms with Gasteiger partial charge in [0.2, 0.25) is 0 Å². The summed E-state index contributed by atoms with van der Waals surface area (Å²) in [6, 6.07) is 1.53. The van der Waals surface area contributed by atoms with Gasteiger partial charge in [-0.3, -0.25) is 4.21 Å². The van der Waals surface area contributed by atoms with Gasteiger partial charge in [-0.25, -0.2) is 9.78 Å². The van der Waals surface area contributed by atoms with Crippen molar-refractivity contribution in [2.75, 3.05) is 41.8 Å². The average molecular weight is 283 g/mol. The molecule has 2 N–H and O–H groups in total. The van der Waals surface area contributed by atoms with Crippen molar-refractivity contribution in [3.05, 3.63) is 17.8 Å². The predicted molar refractivity (Wildman–Crippen MR) is 74.7 cm³/mol. The number of rotatable bonds is 3. The van der Waals surface area contributed by atoms with Crippen LogP contribution in [-0.4, -0.2) is 46.4 Å². The Balaban J connectivity index is 2.28. The predicted octanol–water partition coefficient (Wildman–Crippen LogP) is 0.409. The smallest absolute Gasteiger partial charge is 0.340 e. The molecule has 0 aliphatic carbocycles. The zero-order valence-corrected chi connectivity index (χ0v) is 11.6. The first-order valence-electron chi connectivity index (χ1n) is 6.14. The molecule has 2 heterocycles. The van der Waals surface area contributed by atoms with E-state index in [2.05, 4.69) is 4.98 Å². The lowest BCUT2D eigenvalue weighted by atomic mass is 10.2. The number of carbonyl (C=O) groups excluding carboxylic acids is 1. The Bertz CT molecular complexity index is 497. The van der Waals surface area contributed by atoms with Crippen molar-refractivity contribution in [1.82, 2.24) is 4.98 Å². The van der Waals surface area contributed by atoms with E-state index in [0.717, 1.165) is 0 Å². The fraction of sp³-hybridized carbons (Fsp3) is 0.500. The normalized spacial score (nSPS) is 16.4. The van der Waals surface area contributed by atoms with Crippen molar-refractivity contribution in [3.8, 4) is 0 Å². The summed E-state index contributed by atoms with van der Waals surface area (Å²) < 4.78 is 16.4. The lowest BCUT2D eigenvalue weighted by molar-refractivity contribution is 0.0527. The molecule has 1 saturated heterocycles. The third kappa shape index (κ3) is 3.23. The van der Waals surface area contributed by atoms with Crippen LogP contribution in [0.4, 0.5) is 11.5 Å². The molecule has 19 heavy (non-hydrogen) atoms. The molecule has 1 aliphatic rings. The monoisotopic (exact) mass is 283 g/mol. The Morgan fingerprint density at radius 2 is 2.21 bits per heavy atom. The Labute approximate surface area is 114 Å². The molecule has 1 aliphatic heterocycles. The van der Waals surface area contributed by atoms with E-state index in [4.69, 9.17) is 10.5 Å². The van der Waals surface area contributed by atoms with Crippen molar-refractivity contribution in [2.45, 2.75) is 6.92 Å². The van der Waals surface area contributed by atoms with E-state index in [9.17, 15) is 9.00 Å². The van der Waals surface area contributed by atoms with E-state index in [1.165, 1.54) is 6.07 Å². The minimum absolute atomic E-state index is 0.285. The summed E-state index contributed by atoms with van der Waals surface area (Å²) in [6.45, 7) is 3.35. The highest BCUT2D eigenvalue weighted by atomic mass is 32.2. The Morgan fingerprint density at radius 1 is 1.53 bits per heavy atom. The van der Waals surface area contributed by atoms with Gasteiger partial charge in [0, 0.05) is 35.4 Å². The number of nitrogen functional groups attached to an aromatic ring is 1.